The predicted octanol–water partition coefficient (Wildman–Crippen LogP) is 1.90. The molecule has 0 aromatic heterocycles. The summed E-state index contributed by atoms with van der Waals surface area (Å²) in [5.74, 6) is 1.06. The van der Waals surface area contributed by atoms with Crippen LogP contribution in [0.3, 0.4) is 0 Å². The lowest BCUT2D eigenvalue weighted by molar-refractivity contribution is 0.220. The van der Waals surface area contributed by atoms with Gasteiger partial charge in [-0.1, -0.05) is 12.1 Å². The lowest BCUT2D eigenvalue weighted by Crippen LogP contribution is -2.35. The fraction of sp³-hybridized carbons (Fsp3) is 0.500. The van der Waals surface area contributed by atoms with Crippen molar-refractivity contribution in [1.82, 2.24) is 4.90 Å². The lowest BCUT2D eigenvalue weighted by Gasteiger charge is -2.19. The smallest absolute Gasteiger partial charge is 0.321 e. The van der Waals surface area contributed by atoms with Crippen molar-refractivity contribution in [3.8, 4) is 5.75 Å². The van der Waals surface area contributed by atoms with E-state index >= 15 is 0 Å². The molecular weight excluding hydrogens is 242 g/mol. The molecular formula is C14H21N3O2. The number of methoxy groups -OCH3 is 1. The van der Waals surface area contributed by atoms with E-state index in [1.165, 1.54) is 0 Å². The minimum atomic E-state index is -0.0901. The summed E-state index contributed by atoms with van der Waals surface area (Å²) in [6.45, 7) is 3.47. The maximum absolute atomic E-state index is 12.2. The largest absolute Gasteiger partial charge is 0.495 e. The summed E-state index contributed by atoms with van der Waals surface area (Å²) in [7, 11) is 1.59. The number of urea groups is 1. The number of amides is 2. The molecule has 1 aromatic carbocycles. The van der Waals surface area contributed by atoms with Gasteiger partial charge in [-0.3, -0.25) is 0 Å². The van der Waals surface area contributed by atoms with Crippen LogP contribution in [-0.4, -0.2) is 37.2 Å². The molecule has 0 saturated carbocycles. The van der Waals surface area contributed by atoms with Gasteiger partial charge in [-0.15, -0.1) is 0 Å². The van der Waals surface area contributed by atoms with E-state index in [0.717, 1.165) is 19.5 Å². The SMILES string of the molecule is COc1ccccc1NC(=O)N1CCC(C(C)N)C1. The summed E-state index contributed by atoms with van der Waals surface area (Å²) in [5, 5.41) is 2.88. The van der Waals surface area contributed by atoms with Crippen LogP contribution in [0.4, 0.5) is 10.5 Å². The molecule has 0 bridgehead atoms. The lowest BCUT2D eigenvalue weighted by atomic mass is 10.0. The van der Waals surface area contributed by atoms with Crippen LogP contribution < -0.4 is 15.8 Å². The van der Waals surface area contributed by atoms with Crippen molar-refractivity contribution in [1.29, 1.82) is 0 Å². The number of benzene rings is 1. The van der Waals surface area contributed by atoms with E-state index in [9.17, 15) is 4.79 Å². The Hall–Kier alpha value is -1.75. The Kier molecular flexibility index (Phi) is 4.27. The third kappa shape index (κ3) is 3.17. The summed E-state index contributed by atoms with van der Waals surface area (Å²) in [5.41, 5.74) is 6.57. The first-order chi connectivity index (χ1) is 9.11. The summed E-state index contributed by atoms with van der Waals surface area (Å²) in [6, 6.07) is 7.43. The van der Waals surface area contributed by atoms with Gasteiger partial charge in [-0.25, -0.2) is 4.79 Å². The highest BCUT2D eigenvalue weighted by atomic mass is 16.5. The summed E-state index contributed by atoms with van der Waals surface area (Å²) < 4.78 is 5.21. The van der Waals surface area contributed by atoms with Crippen LogP contribution in [0.2, 0.25) is 0 Å². The van der Waals surface area contributed by atoms with Crippen LogP contribution >= 0.6 is 0 Å². The quantitative estimate of drug-likeness (QED) is 0.875. The highest BCUT2D eigenvalue weighted by Gasteiger charge is 2.28. The second-order valence-corrected chi connectivity index (χ2v) is 4.98. The van der Waals surface area contributed by atoms with Crippen LogP contribution in [0.15, 0.2) is 24.3 Å². The third-order valence-corrected chi connectivity index (χ3v) is 3.60. The average Bonchev–Trinajstić information content (AvgIpc) is 2.89. The molecule has 19 heavy (non-hydrogen) atoms. The van der Waals surface area contributed by atoms with Crippen LogP contribution in [0.1, 0.15) is 13.3 Å². The molecule has 104 valence electrons. The second-order valence-electron chi connectivity index (χ2n) is 4.98. The first kappa shape index (κ1) is 13.7. The molecule has 1 fully saturated rings. The second kappa shape index (κ2) is 5.93. The van der Waals surface area contributed by atoms with Crippen molar-refractivity contribution in [2.75, 3.05) is 25.5 Å². The van der Waals surface area contributed by atoms with Gasteiger partial charge in [0.1, 0.15) is 5.75 Å². The van der Waals surface area contributed by atoms with Crippen LogP contribution in [-0.2, 0) is 0 Å². The van der Waals surface area contributed by atoms with Crippen molar-refractivity contribution >= 4 is 11.7 Å². The number of carbonyl (C=O) groups excluding carboxylic acids is 1. The van der Waals surface area contributed by atoms with E-state index in [1.54, 1.807) is 12.0 Å². The highest BCUT2D eigenvalue weighted by molar-refractivity contribution is 5.91. The van der Waals surface area contributed by atoms with Crippen molar-refractivity contribution < 1.29 is 9.53 Å². The third-order valence-electron chi connectivity index (χ3n) is 3.60. The molecule has 1 aromatic rings. The molecule has 0 aliphatic carbocycles. The zero-order valence-corrected chi connectivity index (χ0v) is 11.4. The first-order valence-electron chi connectivity index (χ1n) is 6.56. The van der Waals surface area contributed by atoms with Crippen molar-refractivity contribution in [2.45, 2.75) is 19.4 Å². The Morgan fingerprint density at radius 2 is 2.26 bits per heavy atom. The molecule has 3 N–H and O–H groups in total. The Labute approximate surface area is 113 Å². The molecule has 2 rings (SSSR count). The molecule has 5 heteroatoms. The Bertz CT molecular complexity index is 448. The molecule has 2 atom stereocenters. The highest BCUT2D eigenvalue weighted by Crippen LogP contribution is 2.25. The number of nitrogens with one attached hydrogen (secondary N) is 1. The number of likely N-dealkylation sites (tertiary alicyclic amines) is 1. The standard InChI is InChI=1S/C14H21N3O2/c1-10(15)11-7-8-17(9-11)14(18)16-12-5-3-4-6-13(12)19-2/h3-6,10-11H,7-9,15H2,1-2H3,(H,16,18). The molecule has 0 spiro atoms. The van der Waals surface area contributed by atoms with Crippen molar-refractivity contribution in [3.63, 3.8) is 0 Å². The van der Waals surface area contributed by atoms with Crippen molar-refractivity contribution in [3.05, 3.63) is 24.3 Å². The minimum Gasteiger partial charge on any atom is -0.495 e. The number of hydrogen-bond acceptors (Lipinski definition) is 3. The van der Waals surface area contributed by atoms with Gasteiger partial charge in [0.25, 0.3) is 0 Å². The number of hydrogen-bond donors (Lipinski definition) is 2. The van der Waals surface area contributed by atoms with Gasteiger partial charge in [0, 0.05) is 19.1 Å². The van der Waals surface area contributed by atoms with E-state index in [2.05, 4.69) is 5.32 Å². The number of anilines is 1. The Morgan fingerprint density at radius 1 is 1.53 bits per heavy atom. The molecule has 2 amide bonds. The number of rotatable bonds is 3. The summed E-state index contributed by atoms with van der Waals surface area (Å²) in [4.78, 5) is 14.0. The van der Waals surface area contributed by atoms with E-state index in [-0.39, 0.29) is 12.1 Å². The normalized spacial score (nSPS) is 20.2. The molecule has 1 heterocycles. The number of para-hydroxylation sites is 2. The fourth-order valence-electron chi connectivity index (χ4n) is 2.34. The summed E-state index contributed by atoms with van der Waals surface area (Å²) >= 11 is 0. The zero-order chi connectivity index (χ0) is 13.8. The van der Waals surface area contributed by atoms with Gasteiger partial charge >= 0.3 is 6.03 Å². The number of nitrogens with zero attached hydrogens (tertiary/aromatic N) is 1. The van der Waals surface area contributed by atoms with Gasteiger partial charge in [-0.2, -0.15) is 0 Å². The van der Waals surface area contributed by atoms with Crippen LogP contribution in [0, 0.1) is 5.92 Å². The molecule has 0 radical (unpaired) electrons. The Balaban J connectivity index is 1.98. The maximum Gasteiger partial charge on any atom is 0.321 e. The fourth-order valence-corrected chi connectivity index (χ4v) is 2.34. The minimum absolute atomic E-state index is 0.0901. The molecule has 1 saturated heterocycles. The zero-order valence-electron chi connectivity index (χ0n) is 11.4. The van der Waals surface area contributed by atoms with Gasteiger partial charge in [0.2, 0.25) is 0 Å². The molecule has 1 aliphatic heterocycles. The Morgan fingerprint density at radius 3 is 2.89 bits per heavy atom. The van der Waals surface area contributed by atoms with Gasteiger partial charge in [0.15, 0.2) is 0 Å². The number of ether oxygens (including phenoxy) is 1. The van der Waals surface area contributed by atoms with E-state index in [1.807, 2.05) is 31.2 Å². The molecule has 2 unspecified atom stereocenters. The topological polar surface area (TPSA) is 67.6 Å². The van der Waals surface area contributed by atoms with Crippen LogP contribution in [0.25, 0.3) is 0 Å². The molecule has 1 aliphatic rings. The monoisotopic (exact) mass is 263 g/mol. The van der Waals surface area contributed by atoms with Gasteiger partial charge < -0.3 is 20.7 Å². The van der Waals surface area contributed by atoms with Gasteiger partial charge in [-0.05, 0) is 31.4 Å². The van der Waals surface area contributed by atoms with E-state index < -0.39 is 0 Å². The van der Waals surface area contributed by atoms with Crippen LogP contribution in [0.5, 0.6) is 5.75 Å². The van der Waals surface area contributed by atoms with Crippen molar-refractivity contribution in [2.24, 2.45) is 11.7 Å². The predicted molar refractivity (Wildman–Crippen MR) is 75.3 cm³/mol. The van der Waals surface area contributed by atoms with E-state index in [4.69, 9.17) is 10.5 Å². The maximum atomic E-state index is 12.2. The molecule has 5 nitrogen and oxygen atoms in total. The number of nitrogens with two attached hydrogens (primary N) is 1. The van der Waals surface area contributed by atoms with E-state index in [0.29, 0.717) is 17.4 Å². The summed E-state index contributed by atoms with van der Waals surface area (Å²) in [6.07, 6.45) is 0.969. The first-order valence-corrected chi connectivity index (χ1v) is 6.56. The number of carbonyl (C=O) groups is 1. The van der Waals surface area contributed by atoms with Gasteiger partial charge in [0.05, 0.1) is 12.8 Å². The average molecular weight is 263 g/mol.